The van der Waals surface area contributed by atoms with Crippen LogP contribution in [0.5, 0.6) is 11.6 Å². The number of aromatic nitrogens is 3. The predicted molar refractivity (Wildman–Crippen MR) is 114 cm³/mol. The molecule has 1 fully saturated rings. The highest BCUT2D eigenvalue weighted by Crippen LogP contribution is 2.28. The fourth-order valence-electron chi connectivity index (χ4n) is 3.71. The summed E-state index contributed by atoms with van der Waals surface area (Å²) < 4.78 is 11.3. The maximum atomic E-state index is 12.7. The molecule has 8 heteroatoms. The van der Waals surface area contributed by atoms with E-state index in [9.17, 15) is 4.79 Å². The van der Waals surface area contributed by atoms with Crippen LogP contribution in [0.3, 0.4) is 0 Å². The molecule has 1 aromatic carbocycles. The molecule has 158 valence electrons. The standard InChI is InChI=1S/C23H23N5O3/c1-30-21-5-3-2-4-18(21)19-12-20(28-27-19)23(29)26-16-7-9-17(10-8-16)31-22-11-6-15(13-24)14-25-22/h2-6,11-12,14,16-17H,7-10H2,1H3,(H,26,29)(H,27,28). The molecule has 2 heterocycles. The second-order valence-corrected chi connectivity index (χ2v) is 7.43. The Hall–Kier alpha value is -3.86. The molecule has 0 unspecified atom stereocenters. The number of hydrogen-bond acceptors (Lipinski definition) is 6. The topological polar surface area (TPSA) is 113 Å². The summed E-state index contributed by atoms with van der Waals surface area (Å²) in [5, 5.41) is 19.0. The van der Waals surface area contributed by atoms with Gasteiger partial charge in [0.15, 0.2) is 0 Å². The van der Waals surface area contributed by atoms with Gasteiger partial charge >= 0.3 is 0 Å². The lowest BCUT2D eigenvalue weighted by atomic mass is 9.93. The van der Waals surface area contributed by atoms with E-state index in [0.29, 0.717) is 28.6 Å². The van der Waals surface area contributed by atoms with Crippen LogP contribution in [0, 0.1) is 11.3 Å². The van der Waals surface area contributed by atoms with Crippen molar-refractivity contribution in [1.82, 2.24) is 20.5 Å². The van der Waals surface area contributed by atoms with Crippen LogP contribution in [0.2, 0.25) is 0 Å². The number of H-pyrrole nitrogens is 1. The Kier molecular flexibility index (Phi) is 6.13. The van der Waals surface area contributed by atoms with Gasteiger partial charge in [-0.3, -0.25) is 9.89 Å². The van der Waals surface area contributed by atoms with E-state index in [0.717, 1.165) is 31.2 Å². The normalized spacial score (nSPS) is 18.1. The van der Waals surface area contributed by atoms with Crippen LogP contribution in [0.15, 0.2) is 48.7 Å². The molecule has 8 nitrogen and oxygen atoms in total. The molecular formula is C23H23N5O3. The molecule has 0 saturated heterocycles. The van der Waals surface area contributed by atoms with Gasteiger partial charge in [0.1, 0.15) is 23.6 Å². The van der Waals surface area contributed by atoms with E-state index in [1.165, 1.54) is 6.20 Å². The van der Waals surface area contributed by atoms with Gasteiger partial charge in [-0.2, -0.15) is 10.4 Å². The first-order valence-corrected chi connectivity index (χ1v) is 10.2. The second-order valence-electron chi connectivity index (χ2n) is 7.43. The second kappa shape index (κ2) is 9.30. The van der Waals surface area contributed by atoms with Gasteiger partial charge in [-0.05, 0) is 49.9 Å². The van der Waals surface area contributed by atoms with Crippen LogP contribution in [0.4, 0.5) is 0 Å². The van der Waals surface area contributed by atoms with Crippen molar-refractivity contribution in [3.8, 4) is 29.0 Å². The minimum Gasteiger partial charge on any atom is -0.496 e. The minimum atomic E-state index is -0.174. The van der Waals surface area contributed by atoms with Crippen molar-refractivity contribution in [2.45, 2.75) is 37.8 Å². The summed E-state index contributed by atoms with van der Waals surface area (Å²) in [5.74, 6) is 1.05. The zero-order chi connectivity index (χ0) is 21.6. The number of benzene rings is 1. The average Bonchev–Trinajstić information content (AvgIpc) is 3.31. The molecule has 1 amide bonds. The highest BCUT2D eigenvalue weighted by molar-refractivity contribution is 5.93. The smallest absolute Gasteiger partial charge is 0.269 e. The zero-order valence-corrected chi connectivity index (χ0v) is 17.2. The number of amides is 1. The highest BCUT2D eigenvalue weighted by Gasteiger charge is 2.25. The van der Waals surface area contributed by atoms with E-state index in [1.807, 2.05) is 30.3 Å². The van der Waals surface area contributed by atoms with Crippen molar-refractivity contribution in [3.05, 3.63) is 59.9 Å². The van der Waals surface area contributed by atoms with E-state index in [2.05, 4.69) is 20.5 Å². The third-order valence-electron chi connectivity index (χ3n) is 5.37. The first-order valence-electron chi connectivity index (χ1n) is 10.2. The molecule has 1 aliphatic carbocycles. The number of ether oxygens (including phenoxy) is 2. The number of hydrogen-bond donors (Lipinski definition) is 2. The number of nitriles is 1. The van der Waals surface area contributed by atoms with Gasteiger partial charge in [0.25, 0.3) is 5.91 Å². The minimum absolute atomic E-state index is 0.0536. The van der Waals surface area contributed by atoms with E-state index >= 15 is 0 Å². The van der Waals surface area contributed by atoms with E-state index in [1.54, 1.807) is 25.3 Å². The number of methoxy groups -OCH3 is 1. The fraction of sp³-hybridized carbons (Fsp3) is 0.304. The predicted octanol–water partition coefficient (Wildman–Crippen LogP) is 3.47. The first kappa shape index (κ1) is 20.4. The number of rotatable bonds is 6. The van der Waals surface area contributed by atoms with Gasteiger partial charge < -0.3 is 14.8 Å². The summed E-state index contributed by atoms with van der Waals surface area (Å²) in [7, 11) is 1.61. The van der Waals surface area contributed by atoms with Crippen LogP contribution in [0.25, 0.3) is 11.3 Å². The lowest BCUT2D eigenvalue weighted by Crippen LogP contribution is -2.39. The summed E-state index contributed by atoms with van der Waals surface area (Å²) in [6.07, 6.45) is 4.84. The number of pyridine rings is 1. The Morgan fingerprint density at radius 3 is 2.71 bits per heavy atom. The molecule has 3 aromatic rings. The summed E-state index contributed by atoms with van der Waals surface area (Å²) in [6.45, 7) is 0. The molecule has 1 aliphatic rings. The van der Waals surface area contributed by atoms with Crippen molar-refractivity contribution in [2.24, 2.45) is 0 Å². The van der Waals surface area contributed by atoms with Crippen molar-refractivity contribution in [1.29, 1.82) is 5.26 Å². The summed E-state index contributed by atoms with van der Waals surface area (Å²) in [6, 6.07) is 14.8. The molecule has 2 N–H and O–H groups in total. The van der Waals surface area contributed by atoms with Crippen LogP contribution < -0.4 is 14.8 Å². The van der Waals surface area contributed by atoms with Crippen molar-refractivity contribution in [2.75, 3.05) is 7.11 Å². The SMILES string of the molecule is COc1ccccc1-c1cc(C(=O)NC2CCC(Oc3ccc(C#N)cn3)CC2)[nH]n1. The molecule has 0 radical (unpaired) electrons. The van der Waals surface area contributed by atoms with Crippen LogP contribution in [-0.2, 0) is 0 Å². The number of carbonyl (C=O) groups excluding carboxylic acids is 1. The largest absolute Gasteiger partial charge is 0.496 e. The molecule has 2 aromatic heterocycles. The lowest BCUT2D eigenvalue weighted by molar-refractivity contribution is 0.0885. The third-order valence-corrected chi connectivity index (χ3v) is 5.37. The van der Waals surface area contributed by atoms with E-state index < -0.39 is 0 Å². The molecule has 31 heavy (non-hydrogen) atoms. The quantitative estimate of drug-likeness (QED) is 0.635. The van der Waals surface area contributed by atoms with Gasteiger partial charge in [0.05, 0.1) is 18.4 Å². The van der Waals surface area contributed by atoms with Gasteiger partial charge in [0.2, 0.25) is 5.88 Å². The maximum absolute atomic E-state index is 12.7. The van der Waals surface area contributed by atoms with E-state index in [4.69, 9.17) is 14.7 Å². The van der Waals surface area contributed by atoms with Crippen molar-refractivity contribution < 1.29 is 14.3 Å². The van der Waals surface area contributed by atoms with Crippen LogP contribution >= 0.6 is 0 Å². The molecule has 0 bridgehead atoms. The Labute approximate surface area is 180 Å². The van der Waals surface area contributed by atoms with Crippen molar-refractivity contribution >= 4 is 5.91 Å². The third kappa shape index (κ3) is 4.83. The van der Waals surface area contributed by atoms with Crippen LogP contribution in [0.1, 0.15) is 41.7 Å². The van der Waals surface area contributed by atoms with E-state index in [-0.39, 0.29) is 18.1 Å². The average molecular weight is 417 g/mol. The van der Waals surface area contributed by atoms with Crippen molar-refractivity contribution in [3.63, 3.8) is 0 Å². The Bertz CT molecular complexity index is 1080. The Balaban J connectivity index is 1.30. The fourth-order valence-corrected chi connectivity index (χ4v) is 3.71. The van der Waals surface area contributed by atoms with Gasteiger partial charge in [-0.15, -0.1) is 0 Å². The van der Waals surface area contributed by atoms with Gasteiger partial charge in [0, 0.05) is 23.9 Å². The number of aromatic amines is 1. The number of nitrogens with zero attached hydrogens (tertiary/aromatic N) is 3. The summed E-state index contributed by atoms with van der Waals surface area (Å²) >= 11 is 0. The molecule has 1 saturated carbocycles. The van der Waals surface area contributed by atoms with Gasteiger partial charge in [-0.25, -0.2) is 4.98 Å². The molecule has 0 atom stereocenters. The highest BCUT2D eigenvalue weighted by atomic mass is 16.5. The first-order chi connectivity index (χ1) is 15.2. The molecule has 4 rings (SSSR count). The lowest BCUT2D eigenvalue weighted by Gasteiger charge is -2.29. The zero-order valence-electron chi connectivity index (χ0n) is 17.2. The summed E-state index contributed by atoms with van der Waals surface area (Å²) in [5.41, 5.74) is 2.41. The monoisotopic (exact) mass is 417 g/mol. The Morgan fingerprint density at radius 2 is 2.00 bits per heavy atom. The number of para-hydroxylation sites is 1. The molecular weight excluding hydrogens is 394 g/mol. The molecule has 0 aliphatic heterocycles. The van der Waals surface area contributed by atoms with Crippen LogP contribution in [-0.4, -0.2) is 40.3 Å². The number of carbonyl (C=O) groups is 1. The molecule has 0 spiro atoms. The Morgan fingerprint density at radius 1 is 1.19 bits per heavy atom. The maximum Gasteiger partial charge on any atom is 0.269 e. The summed E-state index contributed by atoms with van der Waals surface area (Å²) in [4.78, 5) is 16.8. The van der Waals surface area contributed by atoms with Gasteiger partial charge in [-0.1, -0.05) is 12.1 Å². The number of nitrogens with one attached hydrogen (secondary N) is 2.